The Morgan fingerprint density at radius 3 is 1.97 bits per heavy atom. The summed E-state index contributed by atoms with van der Waals surface area (Å²) in [7, 11) is 4.71. The predicted octanol–water partition coefficient (Wildman–Crippen LogP) is 3.54. The third kappa shape index (κ3) is 8.70. The van der Waals surface area contributed by atoms with E-state index in [1.807, 2.05) is 78.8 Å². The fraction of sp³-hybridized carbons (Fsp3) is 0.600. The summed E-state index contributed by atoms with van der Waals surface area (Å²) in [5.74, 6) is -1.39. The maximum atomic E-state index is 14.0. The van der Waals surface area contributed by atoms with Gasteiger partial charge < -0.3 is 19.9 Å². The molecule has 0 heterocycles. The number of hydrogen-bond donors (Lipinski definition) is 1. The molecule has 3 amide bonds. The Labute approximate surface area is 235 Å². The van der Waals surface area contributed by atoms with E-state index in [0.29, 0.717) is 5.57 Å². The number of amides is 3. The summed E-state index contributed by atoms with van der Waals surface area (Å²) in [5.41, 5.74) is -0.0744. The average molecular weight is 542 g/mol. The highest BCUT2D eigenvalue weighted by Crippen LogP contribution is 2.31. The zero-order valence-corrected chi connectivity index (χ0v) is 25.9. The van der Waals surface area contributed by atoms with Crippen LogP contribution in [0.15, 0.2) is 42.0 Å². The van der Waals surface area contributed by atoms with Crippen molar-refractivity contribution in [2.75, 3.05) is 20.7 Å². The zero-order chi connectivity index (χ0) is 30.3. The molecule has 1 aromatic rings. The van der Waals surface area contributed by atoms with Gasteiger partial charge in [0.15, 0.2) is 5.81 Å². The Hall–Kier alpha value is -3.10. The topological polar surface area (TPSA) is 96.0 Å². The lowest BCUT2D eigenvalue weighted by atomic mass is 9.75. The number of nitrogens with zero attached hydrogens (tertiary/aromatic N) is 2. The van der Waals surface area contributed by atoms with E-state index in [1.54, 1.807) is 38.9 Å². The number of hydrogen-bond acceptors (Lipinski definition) is 5. The van der Waals surface area contributed by atoms with Crippen LogP contribution in [0.3, 0.4) is 0 Å². The van der Waals surface area contributed by atoms with Gasteiger partial charge in [-0.2, -0.15) is 0 Å². The second kappa shape index (κ2) is 13.8. The molecule has 39 heavy (non-hydrogen) atoms. The van der Waals surface area contributed by atoms with Crippen LogP contribution in [-0.4, -0.2) is 80.1 Å². The first-order valence-corrected chi connectivity index (χ1v) is 13.6. The second-order valence-electron chi connectivity index (χ2n) is 12.2. The molecule has 0 aromatic heterocycles. The third-order valence-corrected chi connectivity index (χ3v) is 7.23. The highest BCUT2D eigenvalue weighted by atomic mass is 16.5. The Bertz CT molecular complexity index is 1050. The zero-order valence-electron chi connectivity index (χ0n) is 25.9. The van der Waals surface area contributed by atoms with Crippen molar-refractivity contribution >= 4 is 31.4 Å². The number of benzene rings is 1. The first-order chi connectivity index (χ1) is 17.9. The van der Waals surface area contributed by atoms with Gasteiger partial charge in [-0.05, 0) is 30.7 Å². The molecule has 0 fully saturated rings. The molecule has 0 aliphatic rings. The van der Waals surface area contributed by atoms with E-state index in [1.165, 1.54) is 12.7 Å². The van der Waals surface area contributed by atoms with Gasteiger partial charge in [0.05, 0.1) is 12.6 Å². The summed E-state index contributed by atoms with van der Waals surface area (Å²) in [4.78, 5) is 55.7. The van der Waals surface area contributed by atoms with Gasteiger partial charge in [0.1, 0.15) is 12.1 Å². The van der Waals surface area contributed by atoms with Crippen LogP contribution in [0.2, 0.25) is 0 Å². The normalized spacial score (nSPS) is 14.7. The molecule has 0 bridgehead atoms. The molecule has 0 radical (unpaired) electrons. The van der Waals surface area contributed by atoms with Crippen molar-refractivity contribution < 1.29 is 23.9 Å². The van der Waals surface area contributed by atoms with Crippen molar-refractivity contribution in [1.29, 1.82) is 0 Å². The quantitative estimate of drug-likeness (QED) is 0.263. The van der Waals surface area contributed by atoms with E-state index in [9.17, 15) is 19.2 Å². The highest BCUT2D eigenvalue weighted by Gasteiger charge is 2.44. The molecule has 1 aromatic carbocycles. The first-order valence-electron chi connectivity index (χ1n) is 13.6. The fourth-order valence-corrected chi connectivity index (χ4v) is 4.74. The van der Waals surface area contributed by atoms with Crippen molar-refractivity contribution in [3.05, 3.63) is 47.5 Å². The Morgan fingerprint density at radius 2 is 1.54 bits per heavy atom. The van der Waals surface area contributed by atoms with Crippen LogP contribution < -0.4 is 5.32 Å². The van der Waals surface area contributed by atoms with Crippen molar-refractivity contribution in [3.8, 4) is 0 Å². The van der Waals surface area contributed by atoms with Crippen LogP contribution in [0.25, 0.3) is 0 Å². The minimum atomic E-state index is -0.887. The molecule has 0 aliphatic heterocycles. The Balaban J connectivity index is 3.47. The van der Waals surface area contributed by atoms with Crippen molar-refractivity contribution in [2.24, 2.45) is 11.3 Å². The van der Waals surface area contributed by atoms with Crippen molar-refractivity contribution in [1.82, 2.24) is 15.1 Å². The molecule has 8 nitrogen and oxygen atoms in total. The molecule has 0 saturated carbocycles. The van der Waals surface area contributed by atoms with Gasteiger partial charge in [-0.3, -0.25) is 14.4 Å². The number of carbonyl (C=O) groups is 4. The van der Waals surface area contributed by atoms with Gasteiger partial charge >= 0.3 is 5.97 Å². The SMILES string of the molecule is BC(=O)N(C)[C@H](C(=O)N[C@H](C(=O)N(C)[C@H](/C=C(\C)C(=O)OCC)C(C)C)C(C)(C)C)C(C)(C)c1ccccc1. The largest absolute Gasteiger partial charge is 0.463 e. The van der Waals surface area contributed by atoms with Crippen LogP contribution in [-0.2, 0) is 24.5 Å². The Kier molecular flexibility index (Phi) is 12.0. The van der Waals surface area contributed by atoms with Gasteiger partial charge in [-0.25, -0.2) is 4.79 Å². The smallest absolute Gasteiger partial charge is 0.333 e. The number of esters is 1. The average Bonchev–Trinajstić information content (AvgIpc) is 2.84. The maximum absolute atomic E-state index is 14.0. The molecule has 3 atom stereocenters. The molecule has 0 saturated heterocycles. The lowest BCUT2D eigenvalue weighted by molar-refractivity contribution is -0.141. The molecule has 0 aliphatic carbocycles. The number of likely N-dealkylation sites (N-methyl/N-ethyl adjacent to an activating group) is 2. The maximum Gasteiger partial charge on any atom is 0.333 e. The molecular weight excluding hydrogens is 493 g/mol. The molecule has 216 valence electrons. The van der Waals surface area contributed by atoms with Gasteiger partial charge in [0.25, 0.3) is 0 Å². The summed E-state index contributed by atoms with van der Waals surface area (Å²) >= 11 is 0. The summed E-state index contributed by atoms with van der Waals surface area (Å²) < 4.78 is 5.12. The second-order valence-corrected chi connectivity index (χ2v) is 12.2. The third-order valence-electron chi connectivity index (χ3n) is 7.23. The van der Waals surface area contributed by atoms with Gasteiger partial charge in [0, 0.05) is 25.1 Å². The monoisotopic (exact) mass is 541 g/mol. The number of rotatable bonds is 11. The molecule has 1 N–H and O–H groups in total. The van der Waals surface area contributed by atoms with E-state index < -0.39 is 40.8 Å². The summed E-state index contributed by atoms with van der Waals surface area (Å²) in [6.07, 6.45) is 1.74. The highest BCUT2D eigenvalue weighted by molar-refractivity contribution is 6.57. The fourth-order valence-electron chi connectivity index (χ4n) is 4.74. The van der Waals surface area contributed by atoms with Crippen LogP contribution >= 0.6 is 0 Å². The lowest BCUT2D eigenvalue weighted by Crippen LogP contribution is -2.62. The van der Waals surface area contributed by atoms with Gasteiger partial charge in [-0.1, -0.05) is 84.9 Å². The lowest BCUT2D eigenvalue weighted by Gasteiger charge is -2.42. The van der Waals surface area contributed by atoms with Crippen molar-refractivity contribution in [3.63, 3.8) is 0 Å². The molecular formula is C30H48BN3O5. The van der Waals surface area contributed by atoms with Gasteiger partial charge in [0.2, 0.25) is 19.7 Å². The van der Waals surface area contributed by atoms with E-state index in [-0.39, 0.29) is 24.2 Å². The van der Waals surface area contributed by atoms with E-state index >= 15 is 0 Å². The molecule has 9 heteroatoms. The minimum Gasteiger partial charge on any atom is -0.463 e. The first kappa shape index (κ1) is 33.9. The molecule has 0 spiro atoms. The predicted molar refractivity (Wildman–Crippen MR) is 158 cm³/mol. The van der Waals surface area contributed by atoms with E-state index in [0.717, 1.165) is 5.56 Å². The summed E-state index contributed by atoms with van der Waals surface area (Å²) in [6, 6.07) is 7.40. The number of carbonyl (C=O) groups excluding carboxylic acids is 4. The number of nitrogens with one attached hydrogen (secondary N) is 1. The molecule has 1 rings (SSSR count). The Morgan fingerprint density at radius 1 is 1.00 bits per heavy atom. The summed E-state index contributed by atoms with van der Waals surface area (Å²) in [6.45, 7) is 17.1. The van der Waals surface area contributed by atoms with E-state index in [4.69, 9.17) is 4.74 Å². The summed E-state index contributed by atoms with van der Waals surface area (Å²) in [5, 5.41) is 3.00. The van der Waals surface area contributed by atoms with Gasteiger partial charge in [-0.15, -0.1) is 0 Å². The van der Waals surface area contributed by atoms with Crippen LogP contribution in [0.4, 0.5) is 4.79 Å². The molecule has 0 unspecified atom stereocenters. The van der Waals surface area contributed by atoms with Crippen LogP contribution in [0, 0.1) is 11.3 Å². The minimum absolute atomic E-state index is 0.00625. The van der Waals surface area contributed by atoms with E-state index in [2.05, 4.69) is 5.32 Å². The number of ether oxygens (including phenoxy) is 1. The standard InChI is InChI=1S/C30H48BN3O5/c1-12-39-27(37)20(4)18-22(19(2)3)33(10)26(36)23(29(5,6)7)32-25(35)24(34(11)28(31)38)30(8,9)21-16-14-13-15-17-21/h13-19,22-24H,12,31H2,1-11H3,(H,32,35)/b20-18+/t22-,23-,24-/m1/s1. The van der Waals surface area contributed by atoms with Crippen LogP contribution in [0.5, 0.6) is 0 Å². The van der Waals surface area contributed by atoms with Crippen molar-refractivity contribution in [2.45, 2.75) is 85.9 Å². The van der Waals surface area contributed by atoms with Crippen LogP contribution in [0.1, 0.15) is 67.9 Å².